The molecule has 1 aromatic heterocycles. The number of carbonyl (C=O) groups is 1. The van der Waals surface area contributed by atoms with Crippen molar-refractivity contribution in [2.45, 2.75) is 31.3 Å². The number of anilines is 1. The number of aryl methyl sites for hydroxylation is 1. The van der Waals surface area contributed by atoms with Crippen LogP contribution in [0.15, 0.2) is 54.7 Å². The standard InChI is InChI=1S/C23H25N3OS2/c1-3-21-20(15-24-26(21)19-10-8-16(2)9-11-19)22(27)25-18-7-4-6-17(14-18)23-28-12-5-13-29-23/h4,6-11,14-15,23H,3,5,12-13H2,1-2H3,(H,25,27). The summed E-state index contributed by atoms with van der Waals surface area (Å²) < 4.78 is 2.32. The Morgan fingerprint density at radius 3 is 2.66 bits per heavy atom. The molecule has 1 N–H and O–H groups in total. The molecule has 4 nitrogen and oxygen atoms in total. The van der Waals surface area contributed by atoms with E-state index in [9.17, 15) is 4.79 Å². The molecule has 0 unspecified atom stereocenters. The van der Waals surface area contributed by atoms with Gasteiger partial charge in [0.15, 0.2) is 0 Å². The molecule has 4 rings (SSSR count). The Kier molecular flexibility index (Phi) is 6.31. The number of amides is 1. The van der Waals surface area contributed by atoms with Crippen LogP contribution in [0.2, 0.25) is 0 Å². The van der Waals surface area contributed by atoms with Crippen molar-refractivity contribution in [3.63, 3.8) is 0 Å². The molecule has 1 amide bonds. The molecule has 1 saturated heterocycles. The Morgan fingerprint density at radius 2 is 1.93 bits per heavy atom. The molecule has 2 heterocycles. The molecule has 0 saturated carbocycles. The van der Waals surface area contributed by atoms with Gasteiger partial charge in [-0.25, -0.2) is 4.68 Å². The first-order valence-corrected chi connectivity index (χ1v) is 12.0. The van der Waals surface area contributed by atoms with Crippen LogP contribution in [0, 0.1) is 6.92 Å². The number of nitrogens with zero attached hydrogens (tertiary/aromatic N) is 2. The Morgan fingerprint density at radius 1 is 1.17 bits per heavy atom. The maximum Gasteiger partial charge on any atom is 0.259 e. The second-order valence-corrected chi connectivity index (χ2v) is 9.84. The first kappa shape index (κ1) is 20.1. The fourth-order valence-electron chi connectivity index (χ4n) is 3.45. The molecule has 1 aliphatic rings. The van der Waals surface area contributed by atoms with Crippen LogP contribution in [-0.2, 0) is 6.42 Å². The number of thioether (sulfide) groups is 2. The van der Waals surface area contributed by atoms with Gasteiger partial charge in [0.2, 0.25) is 0 Å². The Labute approximate surface area is 180 Å². The first-order valence-electron chi connectivity index (χ1n) is 9.94. The fraction of sp³-hybridized carbons (Fsp3) is 0.304. The van der Waals surface area contributed by atoms with Gasteiger partial charge in [-0.2, -0.15) is 5.10 Å². The van der Waals surface area contributed by atoms with Crippen LogP contribution in [-0.4, -0.2) is 27.2 Å². The molecule has 150 valence electrons. The molecule has 0 aliphatic carbocycles. The molecule has 0 radical (unpaired) electrons. The van der Waals surface area contributed by atoms with E-state index in [-0.39, 0.29) is 5.91 Å². The molecule has 1 fully saturated rings. The summed E-state index contributed by atoms with van der Waals surface area (Å²) in [5, 5.41) is 7.57. The van der Waals surface area contributed by atoms with E-state index in [2.05, 4.69) is 48.5 Å². The van der Waals surface area contributed by atoms with Crippen LogP contribution < -0.4 is 5.32 Å². The van der Waals surface area contributed by atoms with Crippen molar-refractivity contribution in [1.29, 1.82) is 0 Å². The molecular formula is C23H25N3OS2. The Bertz CT molecular complexity index is 992. The van der Waals surface area contributed by atoms with E-state index >= 15 is 0 Å². The third kappa shape index (κ3) is 4.54. The highest BCUT2D eigenvalue weighted by Gasteiger charge is 2.19. The zero-order valence-electron chi connectivity index (χ0n) is 16.7. The summed E-state index contributed by atoms with van der Waals surface area (Å²) in [6.45, 7) is 4.11. The van der Waals surface area contributed by atoms with Crippen molar-refractivity contribution >= 4 is 35.1 Å². The second-order valence-electron chi connectivity index (χ2n) is 7.11. The lowest BCUT2D eigenvalue weighted by Crippen LogP contribution is -2.14. The van der Waals surface area contributed by atoms with Crippen molar-refractivity contribution in [3.05, 3.63) is 77.1 Å². The summed E-state index contributed by atoms with van der Waals surface area (Å²) in [6.07, 6.45) is 3.67. The van der Waals surface area contributed by atoms with Gasteiger partial charge in [-0.15, -0.1) is 23.5 Å². The maximum atomic E-state index is 13.0. The predicted molar refractivity (Wildman–Crippen MR) is 124 cm³/mol. The third-order valence-corrected chi connectivity index (χ3v) is 7.99. The summed E-state index contributed by atoms with van der Waals surface area (Å²) in [6, 6.07) is 16.4. The number of aromatic nitrogens is 2. The SMILES string of the molecule is CCc1c(C(=O)Nc2cccc(C3SCCCS3)c2)cnn1-c1ccc(C)cc1. The van der Waals surface area contributed by atoms with E-state index in [1.54, 1.807) is 6.20 Å². The monoisotopic (exact) mass is 423 g/mol. The topological polar surface area (TPSA) is 46.9 Å². The smallest absolute Gasteiger partial charge is 0.259 e. The van der Waals surface area contributed by atoms with Gasteiger partial charge in [-0.1, -0.05) is 36.8 Å². The number of benzene rings is 2. The Hall–Kier alpha value is -2.18. The summed E-state index contributed by atoms with van der Waals surface area (Å²) in [4.78, 5) is 13.0. The minimum absolute atomic E-state index is 0.110. The second kappa shape index (κ2) is 9.09. The highest BCUT2D eigenvalue weighted by atomic mass is 32.2. The van der Waals surface area contributed by atoms with Gasteiger partial charge >= 0.3 is 0 Å². The zero-order chi connectivity index (χ0) is 20.2. The average molecular weight is 424 g/mol. The lowest BCUT2D eigenvalue weighted by Gasteiger charge is -2.21. The van der Waals surface area contributed by atoms with Crippen molar-refractivity contribution in [2.75, 3.05) is 16.8 Å². The van der Waals surface area contributed by atoms with E-state index in [1.165, 1.54) is 29.1 Å². The van der Waals surface area contributed by atoms with Gasteiger partial charge in [0.25, 0.3) is 5.91 Å². The van der Waals surface area contributed by atoms with Crippen LogP contribution in [0.5, 0.6) is 0 Å². The molecular weight excluding hydrogens is 398 g/mol. The molecule has 0 atom stereocenters. The number of hydrogen-bond donors (Lipinski definition) is 1. The van der Waals surface area contributed by atoms with Gasteiger partial charge in [-0.3, -0.25) is 4.79 Å². The van der Waals surface area contributed by atoms with Crippen molar-refractivity contribution in [3.8, 4) is 5.69 Å². The van der Waals surface area contributed by atoms with Gasteiger partial charge < -0.3 is 5.32 Å². The number of rotatable bonds is 5. The lowest BCUT2D eigenvalue weighted by molar-refractivity contribution is 0.102. The van der Waals surface area contributed by atoms with Crippen LogP contribution in [0.25, 0.3) is 5.69 Å². The molecule has 3 aromatic rings. The minimum atomic E-state index is -0.110. The molecule has 0 spiro atoms. The van der Waals surface area contributed by atoms with E-state index in [1.807, 2.05) is 52.5 Å². The van der Waals surface area contributed by atoms with Crippen LogP contribution in [0.3, 0.4) is 0 Å². The predicted octanol–water partition coefficient (Wildman–Crippen LogP) is 5.86. The molecule has 6 heteroatoms. The first-order chi connectivity index (χ1) is 14.2. The quantitative estimate of drug-likeness (QED) is 0.558. The highest BCUT2D eigenvalue weighted by molar-refractivity contribution is 8.16. The largest absolute Gasteiger partial charge is 0.322 e. The van der Waals surface area contributed by atoms with Crippen LogP contribution >= 0.6 is 23.5 Å². The zero-order valence-corrected chi connectivity index (χ0v) is 18.4. The van der Waals surface area contributed by atoms with Crippen LogP contribution in [0.1, 0.15) is 45.1 Å². The minimum Gasteiger partial charge on any atom is -0.322 e. The highest BCUT2D eigenvalue weighted by Crippen LogP contribution is 2.44. The van der Waals surface area contributed by atoms with Crippen molar-refractivity contribution < 1.29 is 4.79 Å². The van der Waals surface area contributed by atoms with Gasteiger partial charge in [-0.05, 0) is 61.1 Å². The number of carbonyl (C=O) groups excluding carboxylic acids is 1. The number of nitrogens with one attached hydrogen (secondary N) is 1. The normalized spacial score (nSPS) is 14.7. The van der Waals surface area contributed by atoms with E-state index < -0.39 is 0 Å². The lowest BCUT2D eigenvalue weighted by atomic mass is 10.1. The summed E-state index contributed by atoms with van der Waals surface area (Å²) in [5.41, 5.74) is 5.82. The number of hydrogen-bond acceptors (Lipinski definition) is 4. The van der Waals surface area contributed by atoms with Crippen molar-refractivity contribution in [1.82, 2.24) is 9.78 Å². The van der Waals surface area contributed by atoms with E-state index in [0.29, 0.717) is 10.1 Å². The summed E-state index contributed by atoms with van der Waals surface area (Å²) in [5.74, 6) is 2.29. The summed E-state index contributed by atoms with van der Waals surface area (Å²) >= 11 is 3.97. The molecule has 29 heavy (non-hydrogen) atoms. The van der Waals surface area contributed by atoms with Crippen molar-refractivity contribution in [2.24, 2.45) is 0 Å². The van der Waals surface area contributed by atoms with Gasteiger partial charge in [0.1, 0.15) is 0 Å². The molecule has 0 bridgehead atoms. The van der Waals surface area contributed by atoms with E-state index in [4.69, 9.17) is 0 Å². The molecule has 2 aromatic carbocycles. The average Bonchev–Trinajstić information content (AvgIpc) is 3.19. The van der Waals surface area contributed by atoms with E-state index in [0.717, 1.165) is 23.5 Å². The third-order valence-electron chi connectivity index (χ3n) is 4.97. The summed E-state index contributed by atoms with van der Waals surface area (Å²) in [7, 11) is 0. The van der Waals surface area contributed by atoms with Gasteiger partial charge in [0, 0.05) is 5.69 Å². The maximum absolute atomic E-state index is 13.0. The fourth-order valence-corrected chi connectivity index (χ4v) is 6.33. The Balaban J connectivity index is 1.55. The molecule has 1 aliphatic heterocycles. The van der Waals surface area contributed by atoms with Gasteiger partial charge in [0.05, 0.1) is 27.7 Å². The van der Waals surface area contributed by atoms with Crippen LogP contribution in [0.4, 0.5) is 5.69 Å².